The van der Waals surface area contributed by atoms with E-state index in [2.05, 4.69) is 0 Å². The molecule has 0 saturated carbocycles. The van der Waals surface area contributed by atoms with E-state index in [1.165, 1.54) is 0 Å². The first-order valence-electron chi connectivity index (χ1n) is 4.86. The molecule has 0 aliphatic heterocycles. The number of rotatable bonds is 5. The van der Waals surface area contributed by atoms with E-state index in [-0.39, 0.29) is 18.8 Å². The van der Waals surface area contributed by atoms with Gasteiger partial charge in [0.15, 0.2) is 0 Å². The molecule has 0 spiro atoms. The van der Waals surface area contributed by atoms with Crippen molar-refractivity contribution >= 4 is 0 Å². The van der Waals surface area contributed by atoms with Crippen LogP contribution >= 0.6 is 0 Å². The summed E-state index contributed by atoms with van der Waals surface area (Å²) in [7, 11) is 0. The fraction of sp³-hybridized carbons (Fsp3) is 0.455. The molecule has 1 aromatic rings. The quantitative estimate of drug-likeness (QED) is 0.741. The number of aliphatic hydroxyl groups excluding tert-OH is 1. The molecule has 2 atom stereocenters. The number of aliphatic hydroxyl groups is 1. The highest BCUT2D eigenvalue weighted by atomic mass is 16.5. The summed E-state index contributed by atoms with van der Waals surface area (Å²) in [5.74, 6) is 0.746. The molecule has 0 fully saturated rings. The van der Waals surface area contributed by atoms with Crippen molar-refractivity contribution in [2.75, 3.05) is 6.61 Å². The van der Waals surface area contributed by atoms with Gasteiger partial charge in [-0.15, -0.1) is 0 Å². The van der Waals surface area contributed by atoms with E-state index in [0.29, 0.717) is 0 Å². The minimum absolute atomic E-state index is 0.0517. The van der Waals surface area contributed by atoms with Gasteiger partial charge in [0, 0.05) is 6.04 Å². The molecule has 0 heterocycles. The lowest BCUT2D eigenvalue weighted by Crippen LogP contribution is -2.41. The largest absolute Gasteiger partial charge is 0.486 e. The molecule has 0 bridgehead atoms. The second-order valence-electron chi connectivity index (χ2n) is 3.22. The van der Waals surface area contributed by atoms with Crippen molar-refractivity contribution in [3.63, 3.8) is 0 Å². The Hall–Kier alpha value is -1.06. The van der Waals surface area contributed by atoms with Gasteiger partial charge in [0.25, 0.3) is 0 Å². The molecule has 3 heteroatoms. The summed E-state index contributed by atoms with van der Waals surface area (Å²) >= 11 is 0. The SMILES string of the molecule is CCC(N)C(CO)Oc1ccccc1. The predicted octanol–water partition coefficient (Wildman–Crippen LogP) is 1.16. The van der Waals surface area contributed by atoms with Gasteiger partial charge in [-0.05, 0) is 18.6 Å². The van der Waals surface area contributed by atoms with Crippen LogP contribution in [0.2, 0.25) is 0 Å². The van der Waals surface area contributed by atoms with Gasteiger partial charge in [-0.3, -0.25) is 0 Å². The Labute approximate surface area is 84.5 Å². The lowest BCUT2D eigenvalue weighted by atomic mass is 10.1. The van der Waals surface area contributed by atoms with Crippen LogP contribution in [0.15, 0.2) is 30.3 Å². The van der Waals surface area contributed by atoms with Gasteiger partial charge in [-0.25, -0.2) is 0 Å². The van der Waals surface area contributed by atoms with Crippen molar-refractivity contribution in [3.05, 3.63) is 30.3 Å². The molecule has 0 aliphatic rings. The Morgan fingerprint density at radius 2 is 2.00 bits per heavy atom. The topological polar surface area (TPSA) is 55.5 Å². The van der Waals surface area contributed by atoms with Crippen molar-refractivity contribution in [2.45, 2.75) is 25.5 Å². The zero-order chi connectivity index (χ0) is 10.4. The molecule has 3 nitrogen and oxygen atoms in total. The predicted molar refractivity (Wildman–Crippen MR) is 56.2 cm³/mol. The van der Waals surface area contributed by atoms with Gasteiger partial charge in [0.05, 0.1) is 6.61 Å². The summed E-state index contributed by atoms with van der Waals surface area (Å²) in [6.45, 7) is 1.92. The maximum Gasteiger partial charge on any atom is 0.137 e. The van der Waals surface area contributed by atoms with Crippen LogP contribution in [0, 0.1) is 0 Å². The standard InChI is InChI=1S/C11H17NO2/c1-2-10(12)11(8-13)14-9-6-4-3-5-7-9/h3-7,10-11,13H,2,8,12H2,1H3. The van der Waals surface area contributed by atoms with E-state index in [9.17, 15) is 0 Å². The summed E-state index contributed by atoms with van der Waals surface area (Å²) in [6.07, 6.45) is 0.473. The van der Waals surface area contributed by atoms with Crippen molar-refractivity contribution in [1.29, 1.82) is 0 Å². The number of hydrogen-bond donors (Lipinski definition) is 2. The Morgan fingerprint density at radius 3 is 2.50 bits per heavy atom. The second-order valence-corrected chi connectivity index (χ2v) is 3.22. The first-order valence-corrected chi connectivity index (χ1v) is 4.86. The molecule has 78 valence electrons. The fourth-order valence-corrected chi connectivity index (χ4v) is 1.20. The maximum atomic E-state index is 9.08. The smallest absolute Gasteiger partial charge is 0.137 e. The molecule has 0 aromatic heterocycles. The van der Waals surface area contributed by atoms with Crippen molar-refractivity contribution in [2.24, 2.45) is 5.73 Å². The molecule has 0 radical (unpaired) electrons. The van der Waals surface area contributed by atoms with Crippen molar-refractivity contribution in [1.82, 2.24) is 0 Å². The van der Waals surface area contributed by atoms with E-state index in [1.54, 1.807) is 0 Å². The van der Waals surface area contributed by atoms with Crippen molar-refractivity contribution < 1.29 is 9.84 Å². The van der Waals surface area contributed by atoms with Crippen LogP contribution < -0.4 is 10.5 Å². The van der Waals surface area contributed by atoms with E-state index in [4.69, 9.17) is 15.6 Å². The summed E-state index contributed by atoms with van der Waals surface area (Å²) in [4.78, 5) is 0. The maximum absolute atomic E-state index is 9.08. The summed E-state index contributed by atoms with van der Waals surface area (Å²) in [5, 5.41) is 9.08. The van der Waals surface area contributed by atoms with Gasteiger partial charge in [0.2, 0.25) is 0 Å². The molecular formula is C11H17NO2. The minimum atomic E-state index is -0.317. The number of nitrogens with two attached hydrogens (primary N) is 1. The summed E-state index contributed by atoms with van der Waals surface area (Å²) in [6, 6.07) is 9.28. The zero-order valence-corrected chi connectivity index (χ0v) is 8.39. The summed E-state index contributed by atoms with van der Waals surface area (Å²) < 4.78 is 5.54. The molecule has 1 aromatic carbocycles. The van der Waals surface area contributed by atoms with E-state index in [0.717, 1.165) is 12.2 Å². The highest BCUT2D eigenvalue weighted by Gasteiger charge is 2.16. The average molecular weight is 195 g/mol. The van der Waals surface area contributed by atoms with Crippen LogP contribution in [-0.4, -0.2) is 23.9 Å². The average Bonchev–Trinajstić information content (AvgIpc) is 2.26. The third-order valence-electron chi connectivity index (χ3n) is 2.16. The molecular weight excluding hydrogens is 178 g/mol. The Morgan fingerprint density at radius 1 is 1.36 bits per heavy atom. The molecule has 3 N–H and O–H groups in total. The lowest BCUT2D eigenvalue weighted by Gasteiger charge is -2.22. The molecule has 1 rings (SSSR count). The summed E-state index contributed by atoms with van der Waals surface area (Å²) in [5.41, 5.74) is 5.79. The molecule has 0 saturated heterocycles. The fourth-order valence-electron chi connectivity index (χ4n) is 1.20. The highest BCUT2D eigenvalue weighted by molar-refractivity contribution is 5.21. The van der Waals surface area contributed by atoms with Crippen LogP contribution in [0.3, 0.4) is 0 Å². The number of hydrogen-bond acceptors (Lipinski definition) is 3. The van der Waals surface area contributed by atoms with Gasteiger partial charge in [-0.1, -0.05) is 25.1 Å². The van der Waals surface area contributed by atoms with Crippen molar-refractivity contribution in [3.8, 4) is 5.75 Å². The van der Waals surface area contributed by atoms with Gasteiger partial charge >= 0.3 is 0 Å². The van der Waals surface area contributed by atoms with E-state index < -0.39 is 0 Å². The lowest BCUT2D eigenvalue weighted by molar-refractivity contribution is 0.0933. The molecule has 0 aliphatic carbocycles. The Balaban J connectivity index is 2.57. The first-order chi connectivity index (χ1) is 6.77. The molecule has 14 heavy (non-hydrogen) atoms. The number of benzene rings is 1. The normalized spacial score (nSPS) is 14.8. The number of para-hydroxylation sites is 1. The van der Waals surface area contributed by atoms with Gasteiger partial charge < -0.3 is 15.6 Å². The highest BCUT2D eigenvalue weighted by Crippen LogP contribution is 2.12. The van der Waals surface area contributed by atoms with Crippen LogP contribution in [-0.2, 0) is 0 Å². The molecule has 0 amide bonds. The monoisotopic (exact) mass is 195 g/mol. The first kappa shape index (κ1) is 11.0. The second kappa shape index (κ2) is 5.62. The third-order valence-corrected chi connectivity index (χ3v) is 2.16. The van der Waals surface area contributed by atoms with Gasteiger partial charge in [0.1, 0.15) is 11.9 Å². The molecule has 2 unspecified atom stereocenters. The number of ether oxygens (including phenoxy) is 1. The van der Waals surface area contributed by atoms with Crippen LogP contribution in [0.25, 0.3) is 0 Å². The zero-order valence-electron chi connectivity index (χ0n) is 8.39. The van der Waals surface area contributed by atoms with Crippen LogP contribution in [0.5, 0.6) is 5.75 Å². The third kappa shape index (κ3) is 3.01. The van der Waals surface area contributed by atoms with Crippen LogP contribution in [0.1, 0.15) is 13.3 Å². The minimum Gasteiger partial charge on any atom is -0.486 e. The van der Waals surface area contributed by atoms with E-state index >= 15 is 0 Å². The van der Waals surface area contributed by atoms with E-state index in [1.807, 2.05) is 37.3 Å². The van der Waals surface area contributed by atoms with Gasteiger partial charge in [-0.2, -0.15) is 0 Å². The Kier molecular flexibility index (Phi) is 4.43. The van der Waals surface area contributed by atoms with Crippen LogP contribution in [0.4, 0.5) is 0 Å². The Bertz CT molecular complexity index is 251.